The molecule has 0 aliphatic heterocycles. The number of nitrogens with zero attached hydrogens (tertiary/aromatic N) is 2. The summed E-state index contributed by atoms with van der Waals surface area (Å²) in [6.45, 7) is 0. The molecule has 1 aromatic heterocycles. The summed E-state index contributed by atoms with van der Waals surface area (Å²) in [6.07, 6.45) is -4.98. The molecule has 130 valence electrons. The Hall–Kier alpha value is -2.14. The molecule has 0 N–H and O–H groups in total. The molecule has 0 amide bonds. The molecule has 2 rings (SSSR count). The smallest absolute Gasteiger partial charge is 0.292 e. The van der Waals surface area contributed by atoms with Gasteiger partial charge < -0.3 is 0 Å². The molecule has 12 heteroatoms. The Kier molecular flexibility index (Phi) is 4.59. The van der Waals surface area contributed by atoms with Crippen molar-refractivity contribution < 1.29 is 26.0 Å². The Labute approximate surface area is 137 Å². The fourth-order valence-electron chi connectivity index (χ4n) is 1.96. The lowest BCUT2D eigenvalue weighted by atomic mass is 10.3. The van der Waals surface area contributed by atoms with Crippen LogP contribution in [0, 0.1) is 5.82 Å². The van der Waals surface area contributed by atoms with Crippen molar-refractivity contribution in [2.45, 2.75) is 11.1 Å². The lowest BCUT2D eigenvalue weighted by molar-refractivity contribution is -0.144. The summed E-state index contributed by atoms with van der Waals surface area (Å²) in [5.41, 5.74) is -5.33. The highest BCUT2D eigenvalue weighted by Gasteiger charge is 2.35. The Bertz CT molecular complexity index is 1020. The van der Waals surface area contributed by atoms with E-state index in [0.29, 0.717) is 12.1 Å². The van der Waals surface area contributed by atoms with Gasteiger partial charge in [0.05, 0.1) is 15.6 Å². The Balaban J connectivity index is 2.90. The minimum atomic E-state index is -4.98. The minimum Gasteiger partial charge on any atom is -0.292 e. The largest absolute Gasteiger partial charge is 0.431 e. The second-order valence-corrected chi connectivity index (χ2v) is 5.96. The van der Waals surface area contributed by atoms with Crippen LogP contribution in [0.5, 0.6) is 0 Å². The van der Waals surface area contributed by atoms with Crippen LogP contribution in [0.4, 0.5) is 17.6 Å². The van der Waals surface area contributed by atoms with Crippen molar-refractivity contribution in [3.8, 4) is 5.69 Å². The van der Waals surface area contributed by atoms with Crippen molar-refractivity contribution in [2.75, 3.05) is 0 Å². The Morgan fingerprint density at radius 3 is 2.21 bits per heavy atom. The summed E-state index contributed by atoms with van der Waals surface area (Å²) >= 11 is 5.54. The van der Waals surface area contributed by atoms with Gasteiger partial charge in [0.15, 0.2) is 10.7 Å². The van der Waals surface area contributed by atoms with Gasteiger partial charge in [-0.05, 0) is 12.1 Å². The summed E-state index contributed by atoms with van der Waals surface area (Å²) in [6, 6.07) is 1.24. The molecule has 1 heterocycles. The second kappa shape index (κ2) is 6.06. The first-order valence-electron chi connectivity index (χ1n) is 5.99. The van der Waals surface area contributed by atoms with E-state index in [4.69, 9.17) is 11.6 Å². The number of hydrogen-bond donors (Lipinski definition) is 1. The van der Waals surface area contributed by atoms with Gasteiger partial charge in [-0.15, -0.1) is 0 Å². The normalized spacial score (nSPS) is 12.0. The molecule has 0 spiro atoms. The molecule has 6 nitrogen and oxygen atoms in total. The lowest BCUT2D eigenvalue weighted by Gasteiger charge is -2.14. The molecule has 0 saturated heterocycles. The van der Waals surface area contributed by atoms with Crippen molar-refractivity contribution >= 4 is 22.3 Å². The molecule has 0 bridgehead atoms. The van der Waals surface area contributed by atoms with Crippen LogP contribution in [-0.4, -0.2) is 17.6 Å². The van der Waals surface area contributed by atoms with Gasteiger partial charge in [-0.1, -0.05) is 11.6 Å². The van der Waals surface area contributed by atoms with Gasteiger partial charge in [-0.3, -0.25) is 9.36 Å². The van der Waals surface area contributed by atoms with Gasteiger partial charge in [0.1, 0.15) is 11.5 Å². The first-order valence-corrected chi connectivity index (χ1v) is 7.54. The van der Waals surface area contributed by atoms with E-state index in [-0.39, 0.29) is 15.2 Å². The third kappa shape index (κ3) is 3.08. The van der Waals surface area contributed by atoms with Crippen LogP contribution in [0.2, 0.25) is 5.02 Å². The highest BCUT2D eigenvalue weighted by Crippen LogP contribution is 2.27. The molecule has 2 aromatic rings. The Morgan fingerprint density at radius 2 is 1.71 bits per heavy atom. The van der Waals surface area contributed by atoms with Crippen molar-refractivity contribution in [1.82, 2.24) is 9.13 Å². The molecule has 0 fully saturated rings. The monoisotopic (exact) mass is 386 g/mol. The zero-order chi connectivity index (χ0) is 18.4. The van der Waals surface area contributed by atoms with E-state index >= 15 is 0 Å². The minimum absolute atomic E-state index is 0.0865. The van der Waals surface area contributed by atoms with Gasteiger partial charge in [0.25, 0.3) is 5.56 Å². The quantitative estimate of drug-likeness (QED) is 0.624. The lowest BCUT2D eigenvalue weighted by Crippen LogP contribution is -2.41. The molecular weight excluding hydrogens is 380 g/mol. The molecule has 1 aromatic carbocycles. The van der Waals surface area contributed by atoms with Crippen LogP contribution in [0.1, 0.15) is 5.69 Å². The van der Waals surface area contributed by atoms with Gasteiger partial charge in [-0.25, -0.2) is 22.2 Å². The average Bonchev–Trinajstić information content (AvgIpc) is 2.43. The fourth-order valence-corrected chi connectivity index (χ4v) is 2.78. The van der Waals surface area contributed by atoms with E-state index in [2.05, 4.69) is 0 Å². The third-order valence-corrected chi connectivity index (χ3v) is 4.27. The summed E-state index contributed by atoms with van der Waals surface area (Å²) in [7, 11) is -2.55. The van der Waals surface area contributed by atoms with Crippen molar-refractivity contribution in [2.24, 2.45) is 7.05 Å². The highest BCUT2D eigenvalue weighted by molar-refractivity contribution is 7.72. The fraction of sp³-hybridized carbons (Fsp3) is 0.167. The van der Waals surface area contributed by atoms with Crippen LogP contribution in [0.25, 0.3) is 5.69 Å². The predicted molar refractivity (Wildman–Crippen MR) is 75.8 cm³/mol. The molecule has 0 radical (unpaired) electrons. The molecule has 0 saturated carbocycles. The van der Waals surface area contributed by atoms with E-state index in [1.54, 1.807) is 0 Å². The standard InChI is InChI=1S/C12H7ClF4N2O4S/c1-18-9(12(15,16)17)4-10(20)19(11(18)21)7-3-8(24(22)23)5(13)2-6(7)14/h2-4,24H,1H3. The van der Waals surface area contributed by atoms with Gasteiger partial charge in [0.2, 0.25) is 0 Å². The number of alkyl halides is 3. The number of benzene rings is 1. The van der Waals surface area contributed by atoms with Crippen LogP contribution in [0.15, 0.2) is 32.7 Å². The van der Waals surface area contributed by atoms with Crippen LogP contribution in [0.3, 0.4) is 0 Å². The van der Waals surface area contributed by atoms with Gasteiger partial charge in [-0.2, -0.15) is 13.2 Å². The predicted octanol–water partition coefficient (Wildman–Crippen LogP) is 1.32. The summed E-state index contributed by atoms with van der Waals surface area (Å²) in [5, 5.41) is -0.496. The topological polar surface area (TPSA) is 78.1 Å². The average molecular weight is 387 g/mol. The molecule has 0 aliphatic carbocycles. The Morgan fingerprint density at radius 1 is 1.12 bits per heavy atom. The first-order chi connectivity index (χ1) is 10.9. The summed E-state index contributed by atoms with van der Waals surface area (Å²) in [5.74, 6) is -1.25. The maximum atomic E-state index is 14.0. The van der Waals surface area contributed by atoms with E-state index in [9.17, 15) is 35.6 Å². The van der Waals surface area contributed by atoms with Crippen LogP contribution >= 0.6 is 11.6 Å². The first kappa shape index (κ1) is 18.2. The number of halogens is 5. The van der Waals surface area contributed by atoms with Gasteiger partial charge >= 0.3 is 11.9 Å². The molecule has 24 heavy (non-hydrogen) atoms. The van der Waals surface area contributed by atoms with Gasteiger partial charge in [0, 0.05) is 13.1 Å². The zero-order valence-corrected chi connectivity index (χ0v) is 13.2. The molecule has 0 unspecified atom stereocenters. The molecule has 0 aliphatic rings. The van der Waals surface area contributed by atoms with Crippen molar-refractivity contribution in [3.05, 3.63) is 55.6 Å². The number of thiol groups is 1. The highest BCUT2D eigenvalue weighted by atomic mass is 35.5. The zero-order valence-electron chi connectivity index (χ0n) is 11.6. The van der Waals surface area contributed by atoms with E-state index in [1.165, 1.54) is 0 Å². The SMILES string of the molecule is Cn1c(C(F)(F)F)cc(=O)n(-c2cc([SH](=O)=O)c(Cl)cc2F)c1=O. The molecular formula is C12H7ClF4N2O4S. The maximum Gasteiger partial charge on any atom is 0.431 e. The van der Waals surface area contributed by atoms with Crippen molar-refractivity contribution in [3.63, 3.8) is 0 Å². The second-order valence-electron chi connectivity index (χ2n) is 4.55. The number of rotatable bonds is 2. The maximum absolute atomic E-state index is 14.0. The van der Waals surface area contributed by atoms with Crippen LogP contribution < -0.4 is 11.2 Å². The number of hydrogen-bond acceptors (Lipinski definition) is 4. The molecule has 0 atom stereocenters. The van der Waals surface area contributed by atoms with E-state index < -0.39 is 55.2 Å². The summed E-state index contributed by atoms with van der Waals surface area (Å²) < 4.78 is 74.6. The summed E-state index contributed by atoms with van der Waals surface area (Å²) in [4.78, 5) is 23.3. The van der Waals surface area contributed by atoms with Crippen LogP contribution in [-0.2, 0) is 23.9 Å². The van der Waals surface area contributed by atoms with E-state index in [1.807, 2.05) is 0 Å². The third-order valence-electron chi connectivity index (χ3n) is 3.06. The van der Waals surface area contributed by atoms with Crippen molar-refractivity contribution in [1.29, 1.82) is 0 Å². The van der Waals surface area contributed by atoms with E-state index in [0.717, 1.165) is 7.05 Å². The number of aromatic nitrogens is 2.